The van der Waals surface area contributed by atoms with Gasteiger partial charge in [0, 0.05) is 5.02 Å². The van der Waals surface area contributed by atoms with Gasteiger partial charge in [0.2, 0.25) is 0 Å². The maximum Gasteiger partial charge on any atom is 0.126 e. The molecule has 20 heavy (non-hydrogen) atoms. The number of nitrogens with one attached hydrogen (secondary N) is 1. The topological polar surface area (TPSA) is 12.0 Å². The highest BCUT2D eigenvalue weighted by Crippen LogP contribution is 2.28. The highest BCUT2D eigenvalue weighted by atomic mass is 35.5. The third-order valence-corrected chi connectivity index (χ3v) is 3.71. The fourth-order valence-electron chi connectivity index (χ4n) is 2.38. The van der Waals surface area contributed by atoms with Crippen molar-refractivity contribution < 1.29 is 4.39 Å². The molecule has 1 N–H and O–H groups in total. The van der Waals surface area contributed by atoms with E-state index in [2.05, 4.69) is 19.2 Å². The van der Waals surface area contributed by atoms with Gasteiger partial charge < -0.3 is 5.32 Å². The van der Waals surface area contributed by atoms with Crippen LogP contribution in [0.4, 0.5) is 4.39 Å². The lowest BCUT2D eigenvalue weighted by atomic mass is 9.94. The molecular weight excluding hydrogens is 273 g/mol. The summed E-state index contributed by atoms with van der Waals surface area (Å²) in [5, 5.41) is 4.16. The average Bonchev–Trinajstić information content (AvgIpc) is 2.42. The zero-order valence-electron chi connectivity index (χ0n) is 12.0. The first kappa shape index (κ1) is 15.0. The fraction of sp³-hybridized carbons (Fsp3) is 0.294. The van der Waals surface area contributed by atoms with Gasteiger partial charge in [0.25, 0.3) is 0 Å². The van der Waals surface area contributed by atoms with E-state index in [0.717, 1.165) is 17.7 Å². The smallest absolute Gasteiger partial charge is 0.126 e. The zero-order chi connectivity index (χ0) is 14.7. The minimum absolute atomic E-state index is 0.0259. The zero-order valence-corrected chi connectivity index (χ0v) is 12.8. The summed E-state index contributed by atoms with van der Waals surface area (Å²) in [4.78, 5) is 0. The summed E-state index contributed by atoms with van der Waals surface area (Å²) in [6, 6.07) is 11.1. The predicted octanol–water partition coefficient (Wildman–Crippen LogP) is 4.79. The van der Waals surface area contributed by atoms with Crippen LogP contribution in [0.3, 0.4) is 0 Å². The molecule has 0 saturated heterocycles. The van der Waals surface area contributed by atoms with Crippen LogP contribution in [0.5, 0.6) is 0 Å². The highest BCUT2D eigenvalue weighted by Gasteiger charge is 2.16. The van der Waals surface area contributed by atoms with E-state index in [0.29, 0.717) is 10.6 Å². The molecule has 2 rings (SSSR count). The van der Waals surface area contributed by atoms with Crippen molar-refractivity contribution in [3.05, 3.63) is 69.5 Å². The van der Waals surface area contributed by atoms with Gasteiger partial charge in [0.05, 0.1) is 6.04 Å². The van der Waals surface area contributed by atoms with Crippen molar-refractivity contribution in [3.63, 3.8) is 0 Å². The lowest BCUT2D eigenvalue weighted by molar-refractivity contribution is 0.605. The van der Waals surface area contributed by atoms with Gasteiger partial charge in [-0.2, -0.15) is 0 Å². The number of benzene rings is 2. The van der Waals surface area contributed by atoms with Crippen LogP contribution in [-0.4, -0.2) is 6.54 Å². The Morgan fingerprint density at radius 1 is 1.10 bits per heavy atom. The molecule has 0 aliphatic rings. The second-order valence-corrected chi connectivity index (χ2v) is 5.44. The van der Waals surface area contributed by atoms with Crippen LogP contribution in [0.2, 0.25) is 5.02 Å². The first-order valence-corrected chi connectivity index (χ1v) is 7.16. The minimum Gasteiger partial charge on any atom is -0.307 e. The average molecular weight is 292 g/mol. The molecule has 1 unspecified atom stereocenters. The van der Waals surface area contributed by atoms with Crippen molar-refractivity contribution >= 4 is 11.6 Å². The number of aryl methyl sites for hydroxylation is 2. The molecule has 0 aliphatic heterocycles. The lowest BCUT2D eigenvalue weighted by Gasteiger charge is -2.22. The molecule has 2 aromatic rings. The van der Waals surface area contributed by atoms with E-state index in [-0.39, 0.29) is 11.9 Å². The predicted molar refractivity (Wildman–Crippen MR) is 82.8 cm³/mol. The third kappa shape index (κ3) is 3.20. The number of hydrogen-bond acceptors (Lipinski definition) is 1. The van der Waals surface area contributed by atoms with Crippen molar-refractivity contribution in [3.8, 4) is 0 Å². The summed E-state index contributed by atoms with van der Waals surface area (Å²) in [6.07, 6.45) is 0. The number of halogens is 2. The Kier molecular flexibility index (Phi) is 4.79. The van der Waals surface area contributed by atoms with Crippen LogP contribution >= 0.6 is 11.6 Å². The molecule has 1 nitrogen and oxygen atoms in total. The first-order valence-electron chi connectivity index (χ1n) is 6.78. The molecule has 0 saturated carbocycles. The lowest BCUT2D eigenvalue weighted by Crippen LogP contribution is -2.23. The Labute approximate surface area is 124 Å². The molecule has 2 aromatic carbocycles. The van der Waals surface area contributed by atoms with Crippen LogP contribution in [0.1, 0.15) is 35.2 Å². The molecule has 106 valence electrons. The Morgan fingerprint density at radius 2 is 1.85 bits per heavy atom. The second-order valence-electron chi connectivity index (χ2n) is 5.00. The van der Waals surface area contributed by atoms with Gasteiger partial charge in [-0.3, -0.25) is 0 Å². The molecule has 0 radical (unpaired) electrons. The molecule has 0 amide bonds. The first-order chi connectivity index (χ1) is 9.52. The van der Waals surface area contributed by atoms with E-state index in [1.165, 1.54) is 11.6 Å². The second kappa shape index (κ2) is 6.38. The largest absolute Gasteiger partial charge is 0.307 e. The van der Waals surface area contributed by atoms with Gasteiger partial charge in [-0.05, 0) is 60.8 Å². The molecule has 0 heterocycles. The Morgan fingerprint density at radius 3 is 2.50 bits per heavy atom. The van der Waals surface area contributed by atoms with Crippen molar-refractivity contribution in [1.82, 2.24) is 5.32 Å². The Bertz CT molecular complexity index is 610. The van der Waals surface area contributed by atoms with Crippen LogP contribution in [-0.2, 0) is 0 Å². The Hall–Kier alpha value is -1.38. The van der Waals surface area contributed by atoms with E-state index in [1.807, 2.05) is 30.3 Å². The summed E-state index contributed by atoms with van der Waals surface area (Å²) in [6.45, 7) is 6.73. The SMILES string of the molecule is CCNC(c1ccc(F)c(C)c1)c1cc(Cl)ccc1C. The molecule has 0 aliphatic carbocycles. The van der Waals surface area contributed by atoms with Crippen LogP contribution in [0, 0.1) is 19.7 Å². The summed E-state index contributed by atoms with van der Waals surface area (Å²) >= 11 is 6.12. The summed E-state index contributed by atoms with van der Waals surface area (Å²) in [7, 11) is 0. The van der Waals surface area contributed by atoms with E-state index in [4.69, 9.17) is 11.6 Å². The Balaban J connectivity index is 2.49. The van der Waals surface area contributed by atoms with Crippen molar-refractivity contribution in [2.24, 2.45) is 0 Å². The van der Waals surface area contributed by atoms with Crippen molar-refractivity contribution in [2.75, 3.05) is 6.54 Å². The third-order valence-electron chi connectivity index (χ3n) is 3.48. The van der Waals surface area contributed by atoms with E-state index in [1.54, 1.807) is 6.92 Å². The molecule has 0 bridgehead atoms. The molecular formula is C17H19ClFN. The maximum absolute atomic E-state index is 13.5. The number of hydrogen-bond donors (Lipinski definition) is 1. The number of rotatable bonds is 4. The van der Waals surface area contributed by atoms with Crippen molar-refractivity contribution in [1.29, 1.82) is 0 Å². The van der Waals surface area contributed by atoms with Crippen LogP contribution < -0.4 is 5.32 Å². The van der Waals surface area contributed by atoms with E-state index < -0.39 is 0 Å². The molecule has 0 spiro atoms. The quantitative estimate of drug-likeness (QED) is 0.853. The monoisotopic (exact) mass is 291 g/mol. The normalized spacial score (nSPS) is 12.4. The van der Waals surface area contributed by atoms with E-state index in [9.17, 15) is 4.39 Å². The van der Waals surface area contributed by atoms with Gasteiger partial charge >= 0.3 is 0 Å². The molecule has 0 aromatic heterocycles. The van der Waals surface area contributed by atoms with Gasteiger partial charge in [0.1, 0.15) is 5.82 Å². The maximum atomic E-state index is 13.5. The van der Waals surface area contributed by atoms with Gasteiger partial charge in [-0.1, -0.05) is 36.7 Å². The van der Waals surface area contributed by atoms with Crippen LogP contribution in [0.25, 0.3) is 0 Å². The van der Waals surface area contributed by atoms with E-state index >= 15 is 0 Å². The van der Waals surface area contributed by atoms with Crippen molar-refractivity contribution in [2.45, 2.75) is 26.8 Å². The van der Waals surface area contributed by atoms with Gasteiger partial charge in [-0.25, -0.2) is 4.39 Å². The summed E-state index contributed by atoms with van der Waals surface area (Å²) < 4.78 is 13.5. The fourth-order valence-corrected chi connectivity index (χ4v) is 2.56. The minimum atomic E-state index is -0.174. The molecule has 0 fully saturated rings. The molecule has 1 atom stereocenters. The summed E-state index contributed by atoms with van der Waals surface area (Å²) in [5.41, 5.74) is 4.01. The highest BCUT2D eigenvalue weighted by molar-refractivity contribution is 6.30. The standard InChI is InChI=1S/C17H19ClFN/c1-4-20-17(13-6-8-16(19)12(3)9-13)15-10-14(18)7-5-11(15)2/h5-10,17,20H,4H2,1-3H3. The summed E-state index contributed by atoms with van der Waals surface area (Å²) in [5.74, 6) is -0.174. The van der Waals surface area contributed by atoms with Crippen LogP contribution in [0.15, 0.2) is 36.4 Å². The van der Waals surface area contributed by atoms with Gasteiger partial charge in [0.15, 0.2) is 0 Å². The van der Waals surface area contributed by atoms with Gasteiger partial charge in [-0.15, -0.1) is 0 Å². The molecule has 3 heteroatoms.